The predicted octanol–water partition coefficient (Wildman–Crippen LogP) is 5.07. The third-order valence-corrected chi connectivity index (χ3v) is 4.34. The summed E-state index contributed by atoms with van der Waals surface area (Å²) in [5.74, 6) is -0.894. The molecule has 0 aromatic heterocycles. The maximum Gasteiger partial charge on any atom is 0.272 e. The second kappa shape index (κ2) is 8.39. The molecule has 2 aromatic carbocycles. The molecule has 25 heavy (non-hydrogen) atoms. The summed E-state index contributed by atoms with van der Waals surface area (Å²) in [7, 11) is 0. The highest BCUT2D eigenvalue weighted by Crippen LogP contribution is 2.32. The molecule has 130 valence electrons. The molecular weight excluding hydrogens is 383 g/mol. The van der Waals surface area contributed by atoms with Crippen molar-refractivity contribution in [3.05, 3.63) is 68.3 Å². The summed E-state index contributed by atoms with van der Waals surface area (Å²) in [6.07, 6.45) is 1.59. The molecule has 2 rings (SSSR count). The molecule has 0 saturated carbocycles. The largest absolute Gasteiger partial charge is 0.322 e. The van der Waals surface area contributed by atoms with Crippen LogP contribution in [0.3, 0.4) is 0 Å². The molecule has 2 aromatic rings. The number of anilines is 1. The Balaban J connectivity index is 2.35. The smallest absolute Gasteiger partial charge is 0.272 e. The van der Waals surface area contributed by atoms with Gasteiger partial charge in [0.2, 0.25) is 5.91 Å². The predicted molar refractivity (Wildman–Crippen MR) is 103 cm³/mol. The lowest BCUT2D eigenvalue weighted by molar-refractivity contribution is -0.120. The first kappa shape index (κ1) is 19.3. The molecule has 0 unspecified atom stereocenters. The van der Waals surface area contributed by atoms with Crippen LogP contribution in [0.1, 0.15) is 18.1 Å². The van der Waals surface area contributed by atoms with E-state index in [0.717, 1.165) is 11.1 Å². The number of hydrogen-bond acceptors (Lipinski definition) is 2. The molecule has 0 spiro atoms. The lowest BCUT2D eigenvalue weighted by Crippen LogP contribution is -2.29. The Morgan fingerprint density at radius 2 is 1.64 bits per heavy atom. The Hall–Kier alpha value is -2.01. The van der Waals surface area contributed by atoms with Crippen molar-refractivity contribution in [1.82, 2.24) is 5.32 Å². The second-order valence-corrected chi connectivity index (χ2v) is 6.52. The van der Waals surface area contributed by atoms with Crippen molar-refractivity contribution in [2.45, 2.75) is 13.8 Å². The topological polar surface area (TPSA) is 58.2 Å². The molecule has 0 heterocycles. The standard InChI is InChI=1S/C18H15Cl3N2O2/c1-10-5-3-4-6-12(10)7-17(22-11(2)24)18(25)23-16-9-14(20)13(19)8-15(16)21/h3-9H,1-2H3,(H,22,24)(H,23,25). The van der Waals surface area contributed by atoms with Crippen LogP contribution in [0.5, 0.6) is 0 Å². The number of nitrogens with one attached hydrogen (secondary N) is 2. The van der Waals surface area contributed by atoms with Crippen molar-refractivity contribution >= 4 is 58.4 Å². The summed E-state index contributed by atoms with van der Waals surface area (Å²) in [5.41, 5.74) is 2.15. The van der Waals surface area contributed by atoms with Gasteiger partial charge in [0.15, 0.2) is 0 Å². The summed E-state index contributed by atoms with van der Waals surface area (Å²) >= 11 is 17.9. The van der Waals surface area contributed by atoms with E-state index in [2.05, 4.69) is 10.6 Å². The van der Waals surface area contributed by atoms with E-state index in [9.17, 15) is 9.59 Å². The minimum absolute atomic E-state index is 0.0870. The SMILES string of the molecule is CC(=O)NC(=Cc1ccccc1C)C(=O)Nc1cc(Cl)c(Cl)cc1Cl. The van der Waals surface area contributed by atoms with Crippen LogP contribution in [0.4, 0.5) is 5.69 Å². The summed E-state index contributed by atoms with van der Waals surface area (Å²) in [4.78, 5) is 24.0. The van der Waals surface area contributed by atoms with Crippen LogP contribution in [-0.4, -0.2) is 11.8 Å². The van der Waals surface area contributed by atoms with E-state index in [-0.39, 0.29) is 26.7 Å². The van der Waals surface area contributed by atoms with E-state index in [1.807, 2.05) is 31.2 Å². The zero-order chi connectivity index (χ0) is 18.6. The van der Waals surface area contributed by atoms with Gasteiger partial charge in [0, 0.05) is 6.92 Å². The van der Waals surface area contributed by atoms with Crippen molar-refractivity contribution in [2.24, 2.45) is 0 Å². The van der Waals surface area contributed by atoms with E-state index in [1.54, 1.807) is 6.08 Å². The van der Waals surface area contributed by atoms with Crippen molar-refractivity contribution in [2.75, 3.05) is 5.32 Å². The molecule has 0 saturated heterocycles. The zero-order valence-electron chi connectivity index (χ0n) is 13.5. The van der Waals surface area contributed by atoms with Gasteiger partial charge in [-0.1, -0.05) is 59.1 Å². The highest BCUT2D eigenvalue weighted by atomic mass is 35.5. The number of rotatable bonds is 4. The van der Waals surface area contributed by atoms with E-state index < -0.39 is 5.91 Å². The number of aryl methyl sites for hydroxylation is 1. The van der Waals surface area contributed by atoms with Crippen LogP contribution in [0.2, 0.25) is 15.1 Å². The van der Waals surface area contributed by atoms with Crippen molar-refractivity contribution in [1.29, 1.82) is 0 Å². The Morgan fingerprint density at radius 1 is 1.00 bits per heavy atom. The minimum Gasteiger partial charge on any atom is -0.322 e. The molecule has 0 aliphatic heterocycles. The highest BCUT2D eigenvalue weighted by Gasteiger charge is 2.15. The fourth-order valence-corrected chi connectivity index (χ4v) is 2.65. The molecular formula is C18H15Cl3N2O2. The molecule has 4 nitrogen and oxygen atoms in total. The van der Waals surface area contributed by atoms with Gasteiger partial charge in [-0.2, -0.15) is 0 Å². The monoisotopic (exact) mass is 396 g/mol. The summed E-state index contributed by atoms with van der Waals surface area (Å²) in [6, 6.07) is 10.4. The molecule has 0 bridgehead atoms. The first-order valence-electron chi connectivity index (χ1n) is 7.28. The third kappa shape index (κ3) is 5.23. The van der Waals surface area contributed by atoms with Crippen LogP contribution >= 0.6 is 34.8 Å². The van der Waals surface area contributed by atoms with E-state index >= 15 is 0 Å². The Kier molecular flexibility index (Phi) is 6.48. The van der Waals surface area contributed by atoms with Gasteiger partial charge in [-0.3, -0.25) is 9.59 Å². The van der Waals surface area contributed by atoms with Crippen LogP contribution < -0.4 is 10.6 Å². The maximum atomic E-state index is 12.6. The maximum absolute atomic E-state index is 12.6. The molecule has 0 aliphatic carbocycles. The number of amides is 2. The fourth-order valence-electron chi connectivity index (χ4n) is 2.06. The first-order chi connectivity index (χ1) is 11.8. The normalized spacial score (nSPS) is 11.2. The van der Waals surface area contributed by atoms with Gasteiger partial charge in [-0.05, 0) is 36.3 Å². The first-order valence-corrected chi connectivity index (χ1v) is 8.42. The molecule has 0 aliphatic rings. The van der Waals surface area contributed by atoms with E-state index in [4.69, 9.17) is 34.8 Å². The zero-order valence-corrected chi connectivity index (χ0v) is 15.8. The minimum atomic E-state index is -0.529. The number of carbonyl (C=O) groups is 2. The van der Waals surface area contributed by atoms with E-state index in [0.29, 0.717) is 5.69 Å². The molecule has 0 atom stereocenters. The number of benzene rings is 2. The van der Waals surface area contributed by atoms with Crippen LogP contribution in [-0.2, 0) is 9.59 Å². The van der Waals surface area contributed by atoms with Gasteiger partial charge in [-0.25, -0.2) is 0 Å². The van der Waals surface area contributed by atoms with Gasteiger partial charge >= 0.3 is 0 Å². The lowest BCUT2D eigenvalue weighted by atomic mass is 10.1. The third-order valence-electron chi connectivity index (χ3n) is 3.30. The number of carbonyl (C=O) groups excluding carboxylic acids is 2. The molecule has 2 N–H and O–H groups in total. The fraction of sp³-hybridized carbons (Fsp3) is 0.111. The van der Waals surface area contributed by atoms with Crippen LogP contribution in [0.15, 0.2) is 42.1 Å². The summed E-state index contributed by atoms with van der Waals surface area (Å²) in [5, 5.41) is 5.93. The summed E-state index contributed by atoms with van der Waals surface area (Å²) < 4.78 is 0. The van der Waals surface area contributed by atoms with Crippen molar-refractivity contribution in [3.63, 3.8) is 0 Å². The molecule has 0 radical (unpaired) electrons. The molecule has 2 amide bonds. The van der Waals surface area contributed by atoms with Crippen LogP contribution in [0, 0.1) is 6.92 Å². The van der Waals surface area contributed by atoms with Gasteiger partial charge in [0.1, 0.15) is 5.70 Å². The second-order valence-electron chi connectivity index (χ2n) is 5.30. The van der Waals surface area contributed by atoms with E-state index in [1.165, 1.54) is 19.1 Å². The van der Waals surface area contributed by atoms with Gasteiger partial charge in [0.05, 0.1) is 20.8 Å². The summed E-state index contributed by atoms with van der Waals surface area (Å²) in [6.45, 7) is 3.23. The average molecular weight is 398 g/mol. The van der Waals surface area contributed by atoms with Gasteiger partial charge in [-0.15, -0.1) is 0 Å². The van der Waals surface area contributed by atoms with Crippen LogP contribution in [0.25, 0.3) is 6.08 Å². The van der Waals surface area contributed by atoms with Crippen molar-refractivity contribution in [3.8, 4) is 0 Å². The van der Waals surface area contributed by atoms with Gasteiger partial charge < -0.3 is 10.6 Å². The molecule has 7 heteroatoms. The van der Waals surface area contributed by atoms with Gasteiger partial charge in [0.25, 0.3) is 5.91 Å². The highest BCUT2D eigenvalue weighted by molar-refractivity contribution is 6.44. The number of hydrogen-bond donors (Lipinski definition) is 2. The van der Waals surface area contributed by atoms with Crippen molar-refractivity contribution < 1.29 is 9.59 Å². The molecule has 0 fully saturated rings. The lowest BCUT2D eigenvalue weighted by Gasteiger charge is -2.12. The Bertz CT molecular complexity index is 863. The Labute approximate surface area is 160 Å². The number of halogens is 3. The quantitative estimate of drug-likeness (QED) is 0.559. The average Bonchev–Trinajstić information content (AvgIpc) is 2.53. The Morgan fingerprint density at radius 3 is 2.28 bits per heavy atom.